The molecule has 4 heteroatoms. The van der Waals surface area contributed by atoms with Gasteiger partial charge in [-0.05, 0) is 17.5 Å². The van der Waals surface area contributed by atoms with Crippen molar-refractivity contribution in [3.05, 3.63) is 65.7 Å². The molecule has 118 valence electrons. The lowest BCUT2D eigenvalue weighted by Gasteiger charge is -2.23. The van der Waals surface area contributed by atoms with Crippen LogP contribution >= 0.6 is 0 Å². The van der Waals surface area contributed by atoms with E-state index in [-0.39, 0.29) is 11.8 Å². The van der Waals surface area contributed by atoms with E-state index in [0.29, 0.717) is 12.5 Å². The van der Waals surface area contributed by atoms with Gasteiger partial charge in [-0.25, -0.2) is 0 Å². The Morgan fingerprint density at radius 1 is 0.955 bits per heavy atom. The number of benzene rings is 2. The Hall–Kier alpha value is -1.94. The van der Waals surface area contributed by atoms with Crippen LogP contribution in [0, 0.1) is 5.92 Å². The first-order valence-electron chi connectivity index (χ1n) is 7.39. The summed E-state index contributed by atoms with van der Waals surface area (Å²) in [7, 11) is 0. The van der Waals surface area contributed by atoms with E-state index in [1.807, 2.05) is 24.3 Å². The molecule has 0 heterocycles. The van der Waals surface area contributed by atoms with E-state index in [1.165, 1.54) is 5.56 Å². The first-order chi connectivity index (χ1) is 10.6. The van der Waals surface area contributed by atoms with E-state index in [9.17, 15) is 8.78 Å². The summed E-state index contributed by atoms with van der Waals surface area (Å²) in [5.41, 5.74) is 1.91. The molecule has 0 radical (unpaired) electrons. The third-order valence-corrected chi connectivity index (χ3v) is 3.53. The van der Waals surface area contributed by atoms with Crippen molar-refractivity contribution in [3.63, 3.8) is 0 Å². The number of nitrogens with one attached hydrogen (secondary N) is 1. The highest BCUT2D eigenvalue weighted by atomic mass is 19.3. The number of alkyl halides is 2. The first-order valence-corrected chi connectivity index (χ1v) is 7.39. The predicted octanol–water partition coefficient (Wildman–Crippen LogP) is 4.77. The predicted molar refractivity (Wildman–Crippen MR) is 83.9 cm³/mol. The van der Waals surface area contributed by atoms with E-state index in [1.54, 1.807) is 18.2 Å². The molecule has 1 atom stereocenters. The molecule has 0 aliphatic carbocycles. The van der Waals surface area contributed by atoms with Gasteiger partial charge in [-0.3, -0.25) is 0 Å². The molecule has 2 aromatic rings. The summed E-state index contributed by atoms with van der Waals surface area (Å²) < 4.78 is 29.5. The van der Waals surface area contributed by atoms with Crippen molar-refractivity contribution in [2.75, 3.05) is 0 Å². The normalized spacial score (nSPS) is 12.6. The maximum absolute atomic E-state index is 12.4. The smallest absolute Gasteiger partial charge is 0.387 e. The molecule has 0 aliphatic rings. The molecule has 0 saturated heterocycles. The molecule has 2 nitrogen and oxygen atoms in total. The molecular weight excluding hydrogens is 284 g/mol. The Bertz CT molecular complexity index is 572. The molecule has 0 saturated carbocycles. The lowest BCUT2D eigenvalue weighted by atomic mass is 9.96. The fourth-order valence-corrected chi connectivity index (χ4v) is 2.48. The summed E-state index contributed by atoms with van der Waals surface area (Å²) in [6.45, 7) is 1.93. The second-order valence-electron chi connectivity index (χ2n) is 5.50. The fraction of sp³-hybridized carbons (Fsp3) is 0.333. The molecule has 2 rings (SSSR count). The van der Waals surface area contributed by atoms with Crippen molar-refractivity contribution >= 4 is 0 Å². The molecule has 0 amide bonds. The van der Waals surface area contributed by atoms with Crippen LogP contribution < -0.4 is 10.1 Å². The third-order valence-electron chi connectivity index (χ3n) is 3.53. The highest BCUT2D eigenvalue weighted by Crippen LogP contribution is 2.24. The number of para-hydroxylation sites is 1. The van der Waals surface area contributed by atoms with Crippen molar-refractivity contribution in [1.29, 1.82) is 0 Å². The second kappa shape index (κ2) is 7.90. The summed E-state index contributed by atoms with van der Waals surface area (Å²) in [6, 6.07) is 17.1. The monoisotopic (exact) mass is 305 g/mol. The highest BCUT2D eigenvalue weighted by molar-refractivity contribution is 5.33. The van der Waals surface area contributed by atoms with Crippen molar-refractivity contribution in [2.45, 2.75) is 33.0 Å². The van der Waals surface area contributed by atoms with Crippen LogP contribution in [0.5, 0.6) is 5.75 Å². The van der Waals surface area contributed by atoms with Gasteiger partial charge in [0.2, 0.25) is 0 Å². The molecule has 0 aromatic heterocycles. The largest absolute Gasteiger partial charge is 0.434 e. The Morgan fingerprint density at radius 3 is 2.23 bits per heavy atom. The van der Waals surface area contributed by atoms with Gasteiger partial charge in [0.25, 0.3) is 0 Å². The standard InChI is InChI=1S/C18H21F2NO/c1-13(2)17(14-8-4-3-5-9-14)21-12-15-10-6-7-11-16(15)22-18(19)20/h3-11,13,17-18,21H,12H2,1-2H3. The number of rotatable bonds is 7. The van der Waals surface area contributed by atoms with Crippen LogP contribution in [0.1, 0.15) is 31.0 Å². The van der Waals surface area contributed by atoms with Crippen molar-refractivity contribution in [2.24, 2.45) is 5.92 Å². The minimum atomic E-state index is -2.81. The molecule has 0 spiro atoms. The quantitative estimate of drug-likeness (QED) is 0.795. The molecule has 1 unspecified atom stereocenters. The van der Waals surface area contributed by atoms with Gasteiger partial charge in [0.1, 0.15) is 5.75 Å². The van der Waals surface area contributed by atoms with Gasteiger partial charge < -0.3 is 10.1 Å². The van der Waals surface area contributed by atoms with Gasteiger partial charge in [0.15, 0.2) is 0 Å². The van der Waals surface area contributed by atoms with Crippen LogP contribution in [0.4, 0.5) is 8.78 Å². The Labute approximate surface area is 130 Å². The number of hydrogen-bond donors (Lipinski definition) is 1. The zero-order valence-corrected chi connectivity index (χ0v) is 12.8. The maximum Gasteiger partial charge on any atom is 0.387 e. The first kappa shape index (κ1) is 16.4. The molecule has 0 fully saturated rings. The molecule has 22 heavy (non-hydrogen) atoms. The van der Waals surface area contributed by atoms with Gasteiger partial charge in [0.05, 0.1) is 0 Å². The Balaban J connectivity index is 2.10. The lowest BCUT2D eigenvalue weighted by Crippen LogP contribution is -2.25. The van der Waals surface area contributed by atoms with Gasteiger partial charge in [0, 0.05) is 18.2 Å². The topological polar surface area (TPSA) is 21.3 Å². The van der Waals surface area contributed by atoms with Crippen LogP contribution in [-0.2, 0) is 6.54 Å². The highest BCUT2D eigenvalue weighted by Gasteiger charge is 2.16. The third kappa shape index (κ3) is 4.53. The van der Waals surface area contributed by atoms with Gasteiger partial charge >= 0.3 is 6.61 Å². The van der Waals surface area contributed by atoms with Gasteiger partial charge in [-0.1, -0.05) is 62.4 Å². The summed E-state index contributed by atoms with van der Waals surface area (Å²) in [6.07, 6.45) is 0. The van der Waals surface area contributed by atoms with Crippen molar-refractivity contribution < 1.29 is 13.5 Å². The number of halogens is 2. The Morgan fingerprint density at radius 2 is 1.59 bits per heavy atom. The average molecular weight is 305 g/mol. The summed E-state index contributed by atoms with van der Waals surface area (Å²) in [5, 5.41) is 3.44. The lowest BCUT2D eigenvalue weighted by molar-refractivity contribution is -0.0505. The Kier molecular flexibility index (Phi) is 5.90. The van der Waals surface area contributed by atoms with Gasteiger partial charge in [-0.2, -0.15) is 8.78 Å². The molecule has 0 bridgehead atoms. The van der Waals surface area contributed by atoms with E-state index in [2.05, 4.69) is 36.0 Å². The molecular formula is C18H21F2NO. The van der Waals surface area contributed by atoms with E-state index in [4.69, 9.17) is 0 Å². The summed E-state index contributed by atoms with van der Waals surface area (Å²) >= 11 is 0. The van der Waals surface area contributed by atoms with E-state index in [0.717, 1.165) is 5.56 Å². The average Bonchev–Trinajstić information content (AvgIpc) is 2.49. The van der Waals surface area contributed by atoms with Crippen LogP contribution in [0.2, 0.25) is 0 Å². The van der Waals surface area contributed by atoms with Crippen LogP contribution in [-0.4, -0.2) is 6.61 Å². The molecule has 1 N–H and O–H groups in total. The number of ether oxygens (including phenoxy) is 1. The maximum atomic E-state index is 12.4. The van der Waals surface area contributed by atoms with Crippen LogP contribution in [0.25, 0.3) is 0 Å². The minimum absolute atomic E-state index is 0.154. The zero-order chi connectivity index (χ0) is 15.9. The zero-order valence-electron chi connectivity index (χ0n) is 12.8. The van der Waals surface area contributed by atoms with Crippen molar-refractivity contribution in [3.8, 4) is 5.75 Å². The summed E-state index contributed by atoms with van der Waals surface area (Å²) in [4.78, 5) is 0. The van der Waals surface area contributed by atoms with Crippen molar-refractivity contribution in [1.82, 2.24) is 5.32 Å². The van der Waals surface area contributed by atoms with Crippen LogP contribution in [0.15, 0.2) is 54.6 Å². The SMILES string of the molecule is CC(C)C(NCc1ccccc1OC(F)F)c1ccccc1. The summed E-state index contributed by atoms with van der Waals surface area (Å²) in [5.74, 6) is 0.603. The minimum Gasteiger partial charge on any atom is -0.434 e. The van der Waals surface area contributed by atoms with Crippen LogP contribution in [0.3, 0.4) is 0 Å². The van der Waals surface area contributed by atoms with E-state index >= 15 is 0 Å². The molecule has 0 aliphatic heterocycles. The van der Waals surface area contributed by atoms with E-state index < -0.39 is 6.61 Å². The van der Waals surface area contributed by atoms with Gasteiger partial charge in [-0.15, -0.1) is 0 Å². The number of hydrogen-bond acceptors (Lipinski definition) is 2. The molecule has 2 aromatic carbocycles. The fourth-order valence-electron chi connectivity index (χ4n) is 2.48. The second-order valence-corrected chi connectivity index (χ2v) is 5.50.